The van der Waals surface area contributed by atoms with Crippen molar-refractivity contribution in [1.29, 1.82) is 5.26 Å². The molecule has 5 nitrogen and oxygen atoms in total. The van der Waals surface area contributed by atoms with E-state index < -0.39 is 0 Å². The highest BCUT2D eigenvalue weighted by molar-refractivity contribution is 7.99. The molecule has 1 amide bonds. The minimum atomic E-state index is -0.158. The van der Waals surface area contributed by atoms with Crippen molar-refractivity contribution in [3.05, 3.63) is 46.6 Å². The molecular weight excluding hydrogens is 346 g/mol. The fraction of sp³-hybridized carbons (Fsp3) is 0.235. The van der Waals surface area contributed by atoms with Gasteiger partial charge in [-0.05, 0) is 37.3 Å². The van der Waals surface area contributed by atoms with E-state index in [2.05, 4.69) is 16.4 Å². The van der Waals surface area contributed by atoms with Crippen molar-refractivity contribution in [3.8, 4) is 11.8 Å². The number of aromatic nitrogens is 1. The van der Waals surface area contributed by atoms with Crippen LogP contribution in [0.2, 0.25) is 5.02 Å². The largest absolute Gasteiger partial charge is 0.495 e. The van der Waals surface area contributed by atoms with Gasteiger partial charge < -0.3 is 10.1 Å². The predicted molar refractivity (Wildman–Crippen MR) is 95.7 cm³/mol. The van der Waals surface area contributed by atoms with Gasteiger partial charge in [-0.1, -0.05) is 11.6 Å². The summed E-state index contributed by atoms with van der Waals surface area (Å²) in [5.41, 5.74) is 1.89. The van der Waals surface area contributed by atoms with Crippen LogP contribution in [0.1, 0.15) is 17.7 Å². The number of hydrogen-bond acceptors (Lipinski definition) is 5. The second-order valence-corrected chi connectivity index (χ2v) is 6.43. The van der Waals surface area contributed by atoms with Crippen LogP contribution >= 0.6 is 23.4 Å². The Hall–Kier alpha value is -2.23. The fourth-order valence-electron chi connectivity index (χ4n) is 1.96. The van der Waals surface area contributed by atoms with Gasteiger partial charge >= 0.3 is 0 Å². The van der Waals surface area contributed by atoms with Crippen LogP contribution in [0.15, 0.2) is 35.4 Å². The Bertz CT molecular complexity index is 790. The van der Waals surface area contributed by atoms with Crippen molar-refractivity contribution in [2.75, 3.05) is 18.2 Å². The first-order valence-corrected chi connectivity index (χ1v) is 8.53. The molecule has 1 aromatic carbocycles. The lowest BCUT2D eigenvalue weighted by atomic mass is 10.3. The first kappa shape index (κ1) is 18.1. The Labute approximate surface area is 150 Å². The van der Waals surface area contributed by atoms with Gasteiger partial charge in [0.15, 0.2) is 0 Å². The number of ether oxygens (including phenoxy) is 1. The topological polar surface area (TPSA) is 75.0 Å². The maximum absolute atomic E-state index is 12.1. The van der Waals surface area contributed by atoms with E-state index in [0.29, 0.717) is 32.8 Å². The highest BCUT2D eigenvalue weighted by atomic mass is 35.5. The summed E-state index contributed by atoms with van der Waals surface area (Å²) >= 11 is 7.33. The monoisotopic (exact) mass is 361 g/mol. The lowest BCUT2D eigenvalue weighted by molar-refractivity contribution is -0.115. The van der Waals surface area contributed by atoms with E-state index in [1.807, 2.05) is 6.92 Å². The number of nitrogens with zero attached hydrogens (tertiary/aromatic N) is 2. The van der Waals surface area contributed by atoms with Crippen molar-refractivity contribution >= 4 is 35.0 Å². The molecule has 2 rings (SSSR count). The molecular formula is C17H16ClN3O2S. The molecule has 0 saturated heterocycles. The molecule has 7 heteroatoms. The molecule has 0 unspecified atom stereocenters. The number of benzene rings is 1. The fourth-order valence-corrected chi connectivity index (χ4v) is 3.09. The number of aryl methyl sites for hydroxylation is 1. The predicted octanol–water partition coefficient (Wildman–Crippen LogP) is 4.04. The normalized spacial score (nSPS) is 10.1. The summed E-state index contributed by atoms with van der Waals surface area (Å²) in [6.07, 6.45) is 0.279. The van der Waals surface area contributed by atoms with Gasteiger partial charge in [0, 0.05) is 22.9 Å². The van der Waals surface area contributed by atoms with Gasteiger partial charge in [-0.2, -0.15) is 5.26 Å². The molecule has 1 N–H and O–H groups in total. The van der Waals surface area contributed by atoms with Crippen molar-refractivity contribution in [3.63, 3.8) is 0 Å². The van der Waals surface area contributed by atoms with E-state index in [1.54, 1.807) is 30.3 Å². The molecule has 1 aromatic heterocycles. The van der Waals surface area contributed by atoms with Crippen molar-refractivity contribution in [1.82, 2.24) is 4.98 Å². The molecule has 0 fully saturated rings. The van der Waals surface area contributed by atoms with Crippen molar-refractivity contribution in [2.24, 2.45) is 0 Å². The molecule has 0 aliphatic heterocycles. The third-order valence-corrected chi connectivity index (χ3v) is 4.35. The van der Waals surface area contributed by atoms with Gasteiger partial charge in [-0.3, -0.25) is 4.79 Å². The van der Waals surface area contributed by atoms with Gasteiger partial charge in [-0.15, -0.1) is 11.8 Å². The minimum absolute atomic E-state index is 0.158. The molecule has 0 bridgehead atoms. The minimum Gasteiger partial charge on any atom is -0.495 e. The second-order valence-electron chi connectivity index (χ2n) is 4.91. The number of carbonyl (C=O) groups is 1. The number of pyridine rings is 1. The summed E-state index contributed by atoms with van der Waals surface area (Å²) in [5, 5.41) is 13.0. The molecule has 0 atom stereocenters. The average Bonchev–Trinajstić information content (AvgIpc) is 2.55. The zero-order chi connectivity index (χ0) is 17.5. The van der Waals surface area contributed by atoms with Gasteiger partial charge in [-0.25, -0.2) is 4.98 Å². The maximum atomic E-state index is 12.1. The van der Waals surface area contributed by atoms with Crippen molar-refractivity contribution in [2.45, 2.75) is 18.4 Å². The van der Waals surface area contributed by atoms with Crippen LogP contribution in [0, 0.1) is 18.3 Å². The Balaban J connectivity index is 1.94. The first-order chi connectivity index (χ1) is 11.5. The molecule has 0 aliphatic carbocycles. The lowest BCUT2D eigenvalue weighted by Gasteiger charge is -2.10. The van der Waals surface area contributed by atoms with E-state index in [-0.39, 0.29) is 12.3 Å². The summed E-state index contributed by atoms with van der Waals surface area (Å²) in [4.78, 5) is 16.4. The third-order valence-electron chi connectivity index (χ3n) is 3.12. The van der Waals surface area contributed by atoms with Crippen molar-refractivity contribution < 1.29 is 9.53 Å². The van der Waals surface area contributed by atoms with E-state index >= 15 is 0 Å². The Morgan fingerprint density at radius 1 is 1.42 bits per heavy atom. The number of amides is 1. The number of nitriles is 1. The molecule has 0 saturated carbocycles. The molecule has 0 aliphatic rings. The zero-order valence-corrected chi connectivity index (χ0v) is 14.9. The summed E-state index contributed by atoms with van der Waals surface area (Å²) in [6.45, 7) is 1.86. The van der Waals surface area contributed by atoms with E-state index in [0.717, 1.165) is 5.69 Å². The van der Waals surface area contributed by atoms with Crippen LogP contribution in [0.3, 0.4) is 0 Å². The van der Waals surface area contributed by atoms with Gasteiger partial charge in [0.05, 0.1) is 18.4 Å². The van der Waals surface area contributed by atoms with Gasteiger partial charge in [0.1, 0.15) is 16.8 Å². The lowest BCUT2D eigenvalue weighted by Crippen LogP contribution is -2.13. The van der Waals surface area contributed by atoms with Crippen LogP contribution in [0.25, 0.3) is 0 Å². The molecule has 2 aromatic rings. The summed E-state index contributed by atoms with van der Waals surface area (Å²) in [5.74, 6) is 0.904. The number of anilines is 1. The number of thioether (sulfide) groups is 1. The maximum Gasteiger partial charge on any atom is 0.225 e. The number of nitrogens with one attached hydrogen (secondary N) is 1. The first-order valence-electron chi connectivity index (χ1n) is 7.17. The Kier molecular flexibility index (Phi) is 6.47. The number of methoxy groups -OCH3 is 1. The summed E-state index contributed by atoms with van der Waals surface area (Å²) in [7, 11) is 1.53. The Morgan fingerprint density at radius 2 is 2.21 bits per heavy atom. The van der Waals surface area contributed by atoms with E-state index in [1.165, 1.54) is 18.9 Å². The van der Waals surface area contributed by atoms with E-state index in [4.69, 9.17) is 21.6 Å². The number of rotatable bonds is 6. The quantitative estimate of drug-likeness (QED) is 0.786. The standard InChI is InChI=1S/C17H16ClN3O2S/c1-11-3-4-12(10-19)17(20-11)24-8-7-16(22)21-14-9-13(18)5-6-15(14)23-2/h3-6,9H,7-8H2,1-2H3,(H,21,22). The SMILES string of the molecule is COc1ccc(Cl)cc1NC(=O)CCSc1nc(C)ccc1C#N. The zero-order valence-electron chi connectivity index (χ0n) is 13.3. The number of hydrogen-bond donors (Lipinski definition) is 1. The average molecular weight is 362 g/mol. The second kappa shape index (κ2) is 8.57. The summed E-state index contributed by atoms with van der Waals surface area (Å²) < 4.78 is 5.19. The smallest absolute Gasteiger partial charge is 0.225 e. The number of carbonyl (C=O) groups excluding carboxylic acids is 1. The van der Waals surface area contributed by atoms with Crippen LogP contribution in [-0.4, -0.2) is 23.8 Å². The molecule has 24 heavy (non-hydrogen) atoms. The summed E-state index contributed by atoms with van der Waals surface area (Å²) in [6, 6.07) is 10.7. The number of halogens is 1. The van der Waals surface area contributed by atoms with Gasteiger partial charge in [0.2, 0.25) is 5.91 Å². The van der Waals surface area contributed by atoms with Crippen LogP contribution in [0.4, 0.5) is 5.69 Å². The molecule has 1 heterocycles. The third kappa shape index (κ3) is 4.88. The van der Waals surface area contributed by atoms with E-state index in [9.17, 15) is 4.79 Å². The highest BCUT2D eigenvalue weighted by Crippen LogP contribution is 2.28. The molecule has 0 spiro atoms. The van der Waals surface area contributed by atoms with Gasteiger partial charge in [0.25, 0.3) is 0 Å². The van der Waals surface area contributed by atoms with Crippen LogP contribution in [0.5, 0.6) is 5.75 Å². The van der Waals surface area contributed by atoms with Crippen LogP contribution < -0.4 is 10.1 Å². The Morgan fingerprint density at radius 3 is 2.92 bits per heavy atom. The molecule has 124 valence electrons. The molecule has 0 radical (unpaired) electrons. The highest BCUT2D eigenvalue weighted by Gasteiger charge is 2.10. The van der Waals surface area contributed by atoms with Crippen LogP contribution in [-0.2, 0) is 4.79 Å².